The summed E-state index contributed by atoms with van der Waals surface area (Å²) in [4.78, 5) is 188. The summed E-state index contributed by atoms with van der Waals surface area (Å²) in [5.74, 6) is -13.1. The molecule has 2 aliphatic carbocycles. The number of rotatable bonds is 12. The third kappa shape index (κ3) is 20.0. The summed E-state index contributed by atoms with van der Waals surface area (Å²) >= 11 is 6.33. The van der Waals surface area contributed by atoms with E-state index in [0.717, 1.165) is 45.0 Å². The van der Waals surface area contributed by atoms with Crippen LogP contribution in [-0.4, -0.2) is 281 Å². The average Bonchev–Trinajstić information content (AvgIpc) is 1.47. The molecule has 0 aromatic rings. The minimum Gasteiger partial charge on any atom is -0.369 e. The third-order valence-corrected chi connectivity index (χ3v) is 22.0. The second kappa shape index (κ2) is 35.1. The van der Waals surface area contributed by atoms with Crippen molar-refractivity contribution >= 4 is 82.5 Å². The lowest BCUT2D eigenvalue weighted by Gasteiger charge is -2.45. The molecule has 13 atom stereocenters. The zero-order valence-electron chi connectivity index (χ0n) is 60.3. The number of ether oxygens (including phenoxy) is 1. The average molecular weight is 1450 g/mol. The number of fused-ring (bicyclic) bond motifs is 2. The molecule has 3 N–H and O–H groups in total. The van der Waals surface area contributed by atoms with E-state index in [2.05, 4.69) is 16.0 Å². The van der Waals surface area contributed by atoms with E-state index in [-0.39, 0.29) is 89.6 Å². The van der Waals surface area contributed by atoms with E-state index in [1.165, 1.54) is 49.8 Å². The Bertz CT molecular complexity index is 2950. The lowest BCUT2D eigenvalue weighted by Crippen LogP contribution is -2.65. The lowest BCUT2D eigenvalue weighted by atomic mass is 9.78. The Morgan fingerprint density at radius 3 is 1.83 bits per heavy atom. The highest BCUT2D eigenvalue weighted by atomic mass is 35.5. The van der Waals surface area contributed by atoms with Gasteiger partial charge in [-0.05, 0) is 120 Å². The molecule has 1 spiro atoms. The number of halogens is 7. The van der Waals surface area contributed by atoms with Gasteiger partial charge in [0.25, 0.3) is 0 Å². The largest absolute Gasteiger partial charge is 0.411 e. The number of alkyl halides is 7. The quantitative estimate of drug-likeness (QED) is 0.177. The number of amides is 12. The van der Waals surface area contributed by atoms with Crippen molar-refractivity contribution in [3.63, 3.8) is 0 Å². The number of nitrogens with one attached hydrogen (secondary N) is 3. The van der Waals surface area contributed by atoms with Gasteiger partial charge in [-0.1, -0.05) is 60.8 Å². The van der Waals surface area contributed by atoms with Gasteiger partial charge in [0.15, 0.2) is 0 Å². The molecular formula is C68H107ClF6N12O13. The molecule has 6 aliphatic rings. The van der Waals surface area contributed by atoms with E-state index in [1.54, 1.807) is 32.6 Å². The summed E-state index contributed by atoms with van der Waals surface area (Å²) in [6, 6.07) is -12.6. The van der Waals surface area contributed by atoms with Crippen LogP contribution in [-0.2, 0) is 62.3 Å². The van der Waals surface area contributed by atoms with Gasteiger partial charge in [0.1, 0.15) is 66.5 Å². The first-order valence-corrected chi connectivity index (χ1v) is 35.9. The van der Waals surface area contributed by atoms with Crippen LogP contribution in [0.4, 0.5) is 26.3 Å². The van der Waals surface area contributed by atoms with Crippen LogP contribution in [0, 0.1) is 29.6 Å². The van der Waals surface area contributed by atoms with E-state index in [4.69, 9.17) is 16.3 Å². The van der Waals surface area contributed by atoms with Crippen molar-refractivity contribution in [2.75, 3.05) is 88.2 Å². The van der Waals surface area contributed by atoms with Gasteiger partial charge in [-0.3, -0.25) is 57.5 Å². The van der Waals surface area contributed by atoms with Gasteiger partial charge >= 0.3 is 12.4 Å². The van der Waals surface area contributed by atoms with Gasteiger partial charge in [0, 0.05) is 73.8 Å². The molecule has 566 valence electrons. The van der Waals surface area contributed by atoms with Crippen molar-refractivity contribution in [3.05, 3.63) is 0 Å². The molecule has 25 nitrogen and oxygen atoms in total. The van der Waals surface area contributed by atoms with Crippen molar-refractivity contribution in [1.82, 2.24) is 60.0 Å². The predicted molar refractivity (Wildman–Crippen MR) is 356 cm³/mol. The molecule has 4 heterocycles. The normalized spacial score (nSPS) is 30.1. The number of carbonyl (C=O) groups is 12. The zero-order valence-corrected chi connectivity index (χ0v) is 61.1. The van der Waals surface area contributed by atoms with E-state index in [1.807, 2.05) is 13.8 Å². The maximum absolute atomic E-state index is 15.4. The third-order valence-electron chi connectivity index (χ3n) is 21.5. The number of likely N-dealkylation sites (tertiary alicyclic amines) is 1. The van der Waals surface area contributed by atoms with Crippen LogP contribution in [0.25, 0.3) is 0 Å². The number of carbonyl (C=O) groups excluding carboxylic acids is 12. The minimum atomic E-state index is -4.90. The fourth-order valence-corrected chi connectivity index (χ4v) is 15.5. The van der Waals surface area contributed by atoms with E-state index < -0.39 is 198 Å². The monoisotopic (exact) mass is 1450 g/mol. The van der Waals surface area contributed by atoms with Gasteiger partial charge < -0.3 is 64.8 Å². The topological polar surface area (TPSA) is 279 Å². The van der Waals surface area contributed by atoms with Crippen LogP contribution >= 0.6 is 11.6 Å². The first-order valence-electron chi connectivity index (χ1n) is 35.4. The highest BCUT2D eigenvalue weighted by Gasteiger charge is 2.52. The van der Waals surface area contributed by atoms with Gasteiger partial charge in [0.05, 0.1) is 25.5 Å². The van der Waals surface area contributed by atoms with E-state index in [9.17, 15) is 69.5 Å². The van der Waals surface area contributed by atoms with Crippen LogP contribution in [0.1, 0.15) is 164 Å². The molecule has 2 saturated carbocycles. The summed E-state index contributed by atoms with van der Waals surface area (Å²) in [6.45, 7) is 8.73. The Hall–Kier alpha value is -6.53. The van der Waals surface area contributed by atoms with Gasteiger partial charge in [-0.15, -0.1) is 11.6 Å². The molecule has 0 radical (unpaired) electrons. The molecule has 0 aromatic heterocycles. The van der Waals surface area contributed by atoms with E-state index in [0.29, 0.717) is 45.2 Å². The molecule has 6 rings (SSSR count). The Kier molecular flexibility index (Phi) is 28.9. The Labute approximate surface area is 588 Å². The molecule has 4 saturated heterocycles. The van der Waals surface area contributed by atoms with Gasteiger partial charge in [-0.25, -0.2) is 0 Å². The molecule has 32 heteroatoms. The van der Waals surface area contributed by atoms with E-state index >= 15 is 14.4 Å². The smallest absolute Gasteiger partial charge is 0.369 e. The summed E-state index contributed by atoms with van der Waals surface area (Å²) in [5.41, 5.74) is -1.63. The first kappa shape index (κ1) is 82.4. The fourth-order valence-electron chi connectivity index (χ4n) is 15.0. The molecule has 100 heavy (non-hydrogen) atoms. The number of piperidine rings is 1. The van der Waals surface area contributed by atoms with Crippen molar-refractivity contribution in [1.29, 1.82) is 0 Å². The number of hydrogen-bond acceptors (Lipinski definition) is 13. The molecule has 6 fully saturated rings. The summed E-state index contributed by atoms with van der Waals surface area (Å²) in [6.07, 6.45) is -6.48. The fraction of sp³-hybridized carbons (Fsp3) is 0.824. The van der Waals surface area contributed by atoms with Crippen LogP contribution < -0.4 is 16.0 Å². The molecule has 0 bridgehead atoms. The second-order valence-corrected chi connectivity index (χ2v) is 30.0. The standard InChI is InChI=1S/C68H107ClF6N12O13/c1-14-41(6)54-63(97)80(9)42(7)58(92)87-32-26-48(87)61(95)83(12)51(37-100-38-67(70,71)72)60(94)79(8)36-52(88)76-46(25-23-43-22-24-44(45(69)34-43)68(73,74)75)59(93)86-31-20-21-47(86)57(91)78-66(27-16-17-28-66)65(99)84(13)55(40(4)5)64(98)82(11)50(62(96)85-29-18-15-19-30-85)35-53(89)81(10)49(33-39(2)3)56(90)77-54/h39-51,54-55H,14-38H2,1-13H3,(H,76,88)(H,77,90)(H,78,91)/t41-,42-,43?,44?,45?,46-,47-,48-,49-,50-,51-,54-,55-/m0/s1. The van der Waals surface area contributed by atoms with Gasteiger partial charge in [0.2, 0.25) is 70.9 Å². The summed E-state index contributed by atoms with van der Waals surface area (Å²) in [7, 11) is 7.72. The zero-order chi connectivity index (χ0) is 74.8. The molecular weight excluding hydrogens is 1340 g/mol. The van der Waals surface area contributed by atoms with Crippen LogP contribution in [0.15, 0.2) is 0 Å². The van der Waals surface area contributed by atoms with Crippen LogP contribution in [0.2, 0.25) is 0 Å². The Morgan fingerprint density at radius 1 is 0.640 bits per heavy atom. The second-order valence-electron chi connectivity index (χ2n) is 29.4. The highest BCUT2D eigenvalue weighted by molar-refractivity contribution is 6.21. The molecule has 4 aliphatic heterocycles. The maximum atomic E-state index is 15.4. The molecule has 0 aromatic carbocycles. The Morgan fingerprint density at radius 2 is 1.27 bits per heavy atom. The Balaban J connectivity index is 1.42. The minimum absolute atomic E-state index is 0.00964. The summed E-state index contributed by atoms with van der Waals surface area (Å²) < 4.78 is 87.7. The van der Waals surface area contributed by atoms with Crippen molar-refractivity contribution in [3.8, 4) is 0 Å². The highest BCUT2D eigenvalue weighted by Crippen LogP contribution is 2.44. The van der Waals surface area contributed by atoms with Crippen LogP contribution in [0.3, 0.4) is 0 Å². The summed E-state index contributed by atoms with van der Waals surface area (Å²) in [5, 5.41) is 7.17. The lowest BCUT2D eigenvalue weighted by molar-refractivity contribution is -0.182. The maximum Gasteiger partial charge on any atom is 0.411 e. The molecule has 12 amide bonds. The van der Waals surface area contributed by atoms with Crippen molar-refractivity contribution < 1.29 is 88.6 Å². The number of likely N-dealkylation sites (N-methyl/N-ethyl adjacent to an activating group) is 6. The SMILES string of the molecule is CC[C@H](C)[C@@H]1NC(=O)[C@H](CC(C)C)N(C)C(=O)C[C@@H](C(=O)N2CCCCC2)N(C)C(=O)[C@H](C(C)C)N(C)C(=O)C2(CCCC2)NC(=O)[C@@H]2CCCN2C(=O)[C@H](CCC2CCC(C(F)(F)F)C(Cl)C2)NC(=O)CN(C)C(=O)[C@H](COCC(F)(F)F)N(C)C(=O)[C@@H]2CCN2C(=O)[C@H](C)N(C)C1=O. The number of hydrogen-bond donors (Lipinski definition) is 3. The van der Waals surface area contributed by atoms with Crippen LogP contribution in [0.5, 0.6) is 0 Å². The van der Waals surface area contributed by atoms with Crippen molar-refractivity contribution in [2.45, 2.75) is 242 Å². The predicted octanol–water partition coefficient (Wildman–Crippen LogP) is 4.70. The van der Waals surface area contributed by atoms with Gasteiger partial charge in [-0.2, -0.15) is 26.3 Å². The number of nitrogens with zero attached hydrogens (tertiary/aromatic N) is 9. The van der Waals surface area contributed by atoms with Crippen molar-refractivity contribution in [2.24, 2.45) is 29.6 Å². The first-order chi connectivity index (χ1) is 46.7. The molecule has 3 unspecified atom stereocenters.